The maximum atomic E-state index is 7.75. The van der Waals surface area contributed by atoms with Crippen molar-refractivity contribution in [3.63, 3.8) is 0 Å². The third kappa shape index (κ3) is 4.25. The number of quaternary nitrogens is 2. The Bertz CT molecular complexity index is 2970. The largest absolute Gasteiger partial charge is 0.354 e. The van der Waals surface area contributed by atoms with Crippen molar-refractivity contribution in [1.29, 1.82) is 0 Å². The molecule has 2 saturated carbocycles. The van der Waals surface area contributed by atoms with E-state index in [1.807, 2.05) is 0 Å². The lowest BCUT2D eigenvalue weighted by Gasteiger charge is -2.65. The Labute approximate surface area is 387 Å². The van der Waals surface area contributed by atoms with E-state index in [-0.39, 0.29) is 23.3 Å². The van der Waals surface area contributed by atoms with Crippen molar-refractivity contribution >= 4 is 32.9 Å². The normalized spacial score (nSPS) is 40.8. The van der Waals surface area contributed by atoms with E-state index in [0.29, 0.717) is 61.1 Å². The fourth-order valence-corrected chi connectivity index (χ4v) is 19.2. The molecule has 9 heterocycles. The van der Waals surface area contributed by atoms with Crippen molar-refractivity contribution in [1.82, 2.24) is 0 Å². The third-order valence-corrected chi connectivity index (χ3v) is 21.1. The highest BCUT2D eigenvalue weighted by molar-refractivity contribution is 5.84. The van der Waals surface area contributed by atoms with Gasteiger partial charge >= 0.3 is 0 Å². The van der Waals surface area contributed by atoms with Crippen LogP contribution >= 0.6 is 0 Å². The summed E-state index contributed by atoms with van der Waals surface area (Å²) in [4.78, 5) is 6.05. The van der Waals surface area contributed by atoms with Crippen LogP contribution in [0.1, 0.15) is 47.9 Å². The van der Waals surface area contributed by atoms with Crippen molar-refractivity contribution in [2.75, 3.05) is 49.2 Å². The summed E-state index contributed by atoms with van der Waals surface area (Å²) >= 11 is 0. The average Bonchev–Trinajstić information content (AvgIpc) is 3.97. The van der Waals surface area contributed by atoms with Gasteiger partial charge in [-0.15, -0.1) is 0 Å². The molecule has 0 amide bonds. The van der Waals surface area contributed by atoms with Crippen molar-refractivity contribution in [2.45, 2.75) is 86.2 Å². The molecule has 2 spiro atoms. The van der Waals surface area contributed by atoms with E-state index in [1.165, 1.54) is 82.8 Å². The summed E-state index contributed by atoms with van der Waals surface area (Å²) in [5.74, 6) is 1.61. The molecule has 6 aromatic carbocycles. The van der Waals surface area contributed by atoms with Crippen LogP contribution in [-0.2, 0) is 33.4 Å². The van der Waals surface area contributed by atoms with Gasteiger partial charge < -0.3 is 28.2 Å². The lowest BCUT2D eigenvalue weighted by molar-refractivity contribution is -0.955. The quantitative estimate of drug-likeness (QED) is 0.130. The molecule has 12 unspecified atom stereocenters. The number of anilines is 2. The number of rotatable bonds is 4. The van der Waals surface area contributed by atoms with E-state index in [2.05, 4.69) is 155 Å². The lowest BCUT2D eigenvalue weighted by atomic mass is 9.52. The molecule has 0 radical (unpaired) electrons. The maximum absolute atomic E-state index is 7.75. The molecule has 11 aliphatic rings. The van der Waals surface area contributed by atoms with Gasteiger partial charge in [0, 0.05) is 71.9 Å². The second kappa shape index (κ2) is 12.4. The Morgan fingerprint density at radius 1 is 0.500 bits per heavy atom. The second-order valence-electron chi connectivity index (χ2n) is 23.1. The minimum atomic E-state index is -0.00607. The van der Waals surface area contributed by atoms with Gasteiger partial charge in [0.15, 0.2) is 0 Å². The number of ether oxygens (including phenoxy) is 2. The molecule has 6 heteroatoms. The van der Waals surface area contributed by atoms with E-state index < -0.39 is 0 Å². The summed E-state index contributed by atoms with van der Waals surface area (Å²) in [5.41, 5.74) is 12.6. The number of fused-ring (bicyclic) bond motifs is 8. The summed E-state index contributed by atoms with van der Waals surface area (Å²) in [7, 11) is 0. The van der Waals surface area contributed by atoms with Crippen LogP contribution in [0.3, 0.4) is 0 Å². The van der Waals surface area contributed by atoms with Gasteiger partial charge in [-0.05, 0) is 68.1 Å². The standard InChI is InChI=1S/C60H58N4O2/c1-3-11-41-29-37(17-19-39(41)9-1)33-63-25-23-59-47-13-5-7-15-49(47)61-55(59)53-45(31-51(59)63)43(35-63)21-27-65-57(53)62-50-16-8-6-14-48(50)60-24-26-64(34-38-18-20-40-10-2-4-12-42(40)30-38)36-44-22-28-66-58(61)54(56(60)62)46(44)32-52(60)64/h1-22,29-30,45-46,51-58H,23-28,31-36H2/q+2/t45?,46?,51?,52?,53?,54?,55?,56?,57?,58?,59?,60?,63-,64-/m1/s1. The topological polar surface area (TPSA) is 24.9 Å². The highest BCUT2D eigenvalue weighted by Crippen LogP contribution is 2.73. The molecule has 66 heavy (non-hydrogen) atoms. The van der Waals surface area contributed by atoms with Crippen molar-refractivity contribution in [2.24, 2.45) is 23.7 Å². The first kappa shape index (κ1) is 36.8. The monoisotopic (exact) mass is 866 g/mol. The van der Waals surface area contributed by atoms with Crippen molar-refractivity contribution in [3.8, 4) is 0 Å². The molecule has 5 saturated heterocycles. The summed E-state index contributed by atoms with van der Waals surface area (Å²) in [6, 6.07) is 53.9. The molecule has 2 aliphatic carbocycles. The zero-order valence-electron chi connectivity index (χ0n) is 37.7. The van der Waals surface area contributed by atoms with Crippen LogP contribution in [0.5, 0.6) is 0 Å². The molecule has 328 valence electrons. The van der Waals surface area contributed by atoms with Crippen LogP contribution in [-0.4, -0.2) is 85.0 Å². The van der Waals surface area contributed by atoms with Crippen LogP contribution < -0.4 is 9.80 Å². The van der Waals surface area contributed by atoms with E-state index in [1.54, 1.807) is 22.3 Å². The Morgan fingerprint density at radius 2 is 0.939 bits per heavy atom. The zero-order chi connectivity index (χ0) is 42.7. The molecule has 17 rings (SSSR count). The molecule has 14 atom stereocenters. The Morgan fingerprint density at radius 3 is 1.42 bits per heavy atom. The number of nitrogens with zero attached hydrogens (tertiary/aromatic N) is 4. The number of hydrogen-bond acceptors (Lipinski definition) is 4. The molecule has 6 aromatic rings. The van der Waals surface area contributed by atoms with Gasteiger partial charge in [0.25, 0.3) is 0 Å². The van der Waals surface area contributed by atoms with Gasteiger partial charge in [-0.25, -0.2) is 0 Å². The Kier molecular flexibility index (Phi) is 6.94. The molecular weight excluding hydrogens is 809 g/mol. The van der Waals surface area contributed by atoms with Gasteiger partial charge in [0.1, 0.15) is 50.7 Å². The molecule has 4 bridgehead atoms. The summed E-state index contributed by atoms with van der Waals surface area (Å²) in [5, 5.41) is 5.41. The number of benzene rings is 6. The molecule has 0 aromatic heterocycles. The van der Waals surface area contributed by atoms with Crippen molar-refractivity contribution in [3.05, 3.63) is 179 Å². The lowest BCUT2D eigenvalue weighted by Crippen LogP contribution is -2.78. The highest BCUT2D eigenvalue weighted by atomic mass is 16.5. The summed E-state index contributed by atoms with van der Waals surface area (Å²) in [6.07, 6.45) is 10.1. The molecule has 9 aliphatic heterocycles. The fraction of sp³-hybridized carbons (Fsp3) is 0.400. The first-order chi connectivity index (χ1) is 32.6. The number of para-hydroxylation sites is 2. The predicted molar refractivity (Wildman–Crippen MR) is 260 cm³/mol. The van der Waals surface area contributed by atoms with Crippen LogP contribution in [0.15, 0.2) is 157 Å². The molecular formula is C60H58N4O2+2. The van der Waals surface area contributed by atoms with Crippen LogP contribution in [0, 0.1) is 23.7 Å². The first-order valence-electron chi connectivity index (χ1n) is 25.6. The van der Waals surface area contributed by atoms with Gasteiger partial charge in [0.2, 0.25) is 0 Å². The first-order valence-corrected chi connectivity index (χ1v) is 25.6. The number of piperidine rings is 2. The third-order valence-electron chi connectivity index (χ3n) is 21.1. The van der Waals surface area contributed by atoms with Gasteiger partial charge in [0.05, 0.1) is 49.2 Å². The minimum absolute atomic E-state index is 0.00607. The molecule has 6 nitrogen and oxygen atoms in total. The van der Waals surface area contributed by atoms with Crippen LogP contribution in [0.25, 0.3) is 21.5 Å². The second-order valence-corrected chi connectivity index (χ2v) is 23.1. The number of hydrogen-bond donors (Lipinski definition) is 0. The summed E-state index contributed by atoms with van der Waals surface area (Å²) in [6.45, 7) is 8.31. The predicted octanol–water partition coefficient (Wildman–Crippen LogP) is 10.0. The van der Waals surface area contributed by atoms with Gasteiger partial charge in [-0.1, -0.05) is 121 Å². The van der Waals surface area contributed by atoms with Crippen LogP contribution in [0.2, 0.25) is 0 Å². The molecule has 7 fully saturated rings. The van der Waals surface area contributed by atoms with Gasteiger partial charge in [-0.3, -0.25) is 0 Å². The molecule has 0 N–H and O–H groups in total. The SMILES string of the molecule is C1=C2C[N@+]3(Cc4ccc5ccccc5c4)CCC45c6ccccc6N6C7OCC=C8C[N@+]9(Cc%10ccc%11ccccc%11c%10)CCC%10%11c%12ccccc%12N(C(OC1)C(C2CC43)C65)C%10C7C8CC%119. The fourth-order valence-electron chi connectivity index (χ4n) is 19.2. The van der Waals surface area contributed by atoms with Gasteiger partial charge in [-0.2, -0.15) is 0 Å². The van der Waals surface area contributed by atoms with E-state index in [9.17, 15) is 0 Å². The Hall–Kier alpha value is -5.24. The average molecular weight is 867 g/mol. The Balaban J connectivity index is 0.866. The van der Waals surface area contributed by atoms with E-state index in [0.717, 1.165) is 35.1 Å². The highest BCUT2D eigenvalue weighted by Gasteiger charge is 2.81. The smallest absolute Gasteiger partial charge is 0.136 e. The zero-order valence-corrected chi connectivity index (χ0v) is 37.7. The maximum Gasteiger partial charge on any atom is 0.136 e. The van der Waals surface area contributed by atoms with Crippen LogP contribution in [0.4, 0.5) is 11.4 Å². The van der Waals surface area contributed by atoms with E-state index in [4.69, 9.17) is 9.47 Å². The van der Waals surface area contributed by atoms with Crippen molar-refractivity contribution < 1.29 is 18.4 Å². The minimum Gasteiger partial charge on any atom is -0.354 e. The summed E-state index contributed by atoms with van der Waals surface area (Å²) < 4.78 is 17.8. The van der Waals surface area contributed by atoms with E-state index >= 15 is 0 Å².